The summed E-state index contributed by atoms with van der Waals surface area (Å²) in [7, 11) is 0. The van der Waals surface area contributed by atoms with Gasteiger partial charge in [-0.2, -0.15) is 5.10 Å². The Bertz CT molecular complexity index is 603. The van der Waals surface area contributed by atoms with Crippen LogP contribution >= 0.6 is 11.3 Å². The number of carbonyl (C=O) groups excluding carboxylic acids is 1. The molecule has 1 aliphatic rings. The number of amides is 1. The van der Waals surface area contributed by atoms with Crippen molar-refractivity contribution in [2.24, 2.45) is 5.92 Å². The minimum absolute atomic E-state index is 0.0857. The van der Waals surface area contributed by atoms with Gasteiger partial charge in [0.25, 0.3) is 5.91 Å². The van der Waals surface area contributed by atoms with Gasteiger partial charge in [-0.15, -0.1) is 11.3 Å². The van der Waals surface area contributed by atoms with Crippen LogP contribution in [0.25, 0.3) is 0 Å². The van der Waals surface area contributed by atoms with Gasteiger partial charge in [0.2, 0.25) is 0 Å². The molecule has 2 aromatic heterocycles. The highest BCUT2D eigenvalue weighted by Gasteiger charge is 2.22. The van der Waals surface area contributed by atoms with E-state index in [-0.39, 0.29) is 5.91 Å². The van der Waals surface area contributed by atoms with E-state index in [2.05, 4.69) is 17.3 Å². The fourth-order valence-corrected chi connectivity index (χ4v) is 4.08. The molecule has 0 aliphatic heterocycles. The van der Waals surface area contributed by atoms with Crippen molar-refractivity contribution in [3.63, 3.8) is 0 Å². The average molecular weight is 303 g/mol. The number of nitrogens with one attached hydrogen (secondary N) is 1. The normalized spacial score (nSPS) is 17.5. The van der Waals surface area contributed by atoms with Crippen molar-refractivity contribution in [3.8, 4) is 0 Å². The Morgan fingerprint density at radius 1 is 1.57 bits per heavy atom. The van der Waals surface area contributed by atoms with E-state index in [4.69, 9.17) is 0 Å². The summed E-state index contributed by atoms with van der Waals surface area (Å²) in [6.07, 6.45) is 8.00. The molecule has 0 spiro atoms. The first-order valence-electron chi connectivity index (χ1n) is 7.59. The minimum atomic E-state index is 0.0857. The molecule has 0 unspecified atom stereocenters. The second kappa shape index (κ2) is 6.43. The van der Waals surface area contributed by atoms with Gasteiger partial charge in [-0.3, -0.25) is 9.48 Å². The second-order valence-corrected chi connectivity index (χ2v) is 6.74. The van der Waals surface area contributed by atoms with E-state index < -0.39 is 0 Å². The maximum absolute atomic E-state index is 12.3. The van der Waals surface area contributed by atoms with Crippen molar-refractivity contribution < 1.29 is 4.79 Å². The number of hydrogen-bond acceptors (Lipinski definition) is 3. The number of nitrogens with zero attached hydrogens (tertiary/aromatic N) is 2. The van der Waals surface area contributed by atoms with Gasteiger partial charge in [-0.1, -0.05) is 6.92 Å². The summed E-state index contributed by atoms with van der Waals surface area (Å²) in [5.41, 5.74) is 2.20. The molecule has 2 aromatic rings. The maximum Gasteiger partial charge on any atom is 0.252 e. The summed E-state index contributed by atoms with van der Waals surface area (Å²) in [4.78, 5) is 13.7. The van der Waals surface area contributed by atoms with Crippen molar-refractivity contribution >= 4 is 17.2 Å². The summed E-state index contributed by atoms with van der Waals surface area (Å²) in [6.45, 7) is 3.82. The molecule has 0 saturated heterocycles. The third-order valence-corrected chi connectivity index (χ3v) is 5.11. The molecular formula is C16H21N3OS. The van der Waals surface area contributed by atoms with Gasteiger partial charge < -0.3 is 5.32 Å². The summed E-state index contributed by atoms with van der Waals surface area (Å²) in [5.74, 6) is 0.837. The molecule has 1 aliphatic carbocycles. The zero-order valence-corrected chi connectivity index (χ0v) is 13.2. The summed E-state index contributed by atoms with van der Waals surface area (Å²) < 4.78 is 1.89. The highest BCUT2D eigenvalue weighted by atomic mass is 32.1. The lowest BCUT2D eigenvalue weighted by molar-refractivity contribution is 0.0952. The Morgan fingerprint density at radius 3 is 3.29 bits per heavy atom. The van der Waals surface area contributed by atoms with E-state index in [1.165, 1.54) is 16.9 Å². The van der Waals surface area contributed by atoms with E-state index >= 15 is 0 Å². The third-order valence-electron chi connectivity index (χ3n) is 4.06. The summed E-state index contributed by atoms with van der Waals surface area (Å²) in [6, 6.07) is 1.91. The van der Waals surface area contributed by atoms with Gasteiger partial charge >= 0.3 is 0 Å². The first-order chi connectivity index (χ1) is 10.2. The monoisotopic (exact) mass is 303 g/mol. The fraction of sp³-hybridized carbons (Fsp3) is 0.500. The topological polar surface area (TPSA) is 46.9 Å². The summed E-state index contributed by atoms with van der Waals surface area (Å²) in [5, 5.41) is 9.22. The van der Waals surface area contributed by atoms with Crippen molar-refractivity contribution in [1.29, 1.82) is 0 Å². The highest BCUT2D eigenvalue weighted by molar-refractivity contribution is 7.10. The van der Waals surface area contributed by atoms with Gasteiger partial charge in [0.1, 0.15) is 0 Å². The van der Waals surface area contributed by atoms with Gasteiger partial charge in [0.15, 0.2) is 0 Å². The van der Waals surface area contributed by atoms with Crippen LogP contribution in [0.3, 0.4) is 0 Å². The molecule has 1 amide bonds. The van der Waals surface area contributed by atoms with E-state index in [1.807, 2.05) is 22.3 Å². The van der Waals surface area contributed by atoms with Crippen LogP contribution in [0.4, 0.5) is 0 Å². The van der Waals surface area contributed by atoms with Crippen LogP contribution in [0, 0.1) is 5.92 Å². The molecule has 3 rings (SSSR count). The number of aryl methyl sites for hydroxylation is 1. The second-order valence-electron chi connectivity index (χ2n) is 5.78. The van der Waals surface area contributed by atoms with E-state index in [9.17, 15) is 4.79 Å². The van der Waals surface area contributed by atoms with Crippen LogP contribution in [0.15, 0.2) is 23.8 Å². The molecule has 0 fully saturated rings. The quantitative estimate of drug-likeness (QED) is 0.863. The van der Waals surface area contributed by atoms with Crippen molar-refractivity contribution in [2.45, 2.75) is 39.2 Å². The lowest BCUT2D eigenvalue weighted by Crippen LogP contribution is -2.26. The highest BCUT2D eigenvalue weighted by Crippen LogP contribution is 2.32. The van der Waals surface area contributed by atoms with Crippen molar-refractivity contribution in [2.75, 3.05) is 6.54 Å². The largest absolute Gasteiger partial charge is 0.352 e. The van der Waals surface area contributed by atoms with Crippen molar-refractivity contribution in [1.82, 2.24) is 15.1 Å². The Morgan fingerprint density at radius 2 is 2.48 bits per heavy atom. The van der Waals surface area contributed by atoms with Crippen molar-refractivity contribution in [3.05, 3.63) is 39.8 Å². The predicted octanol–water partition coefficient (Wildman–Crippen LogP) is 2.89. The van der Waals surface area contributed by atoms with Crippen LogP contribution in [0.1, 0.15) is 40.6 Å². The minimum Gasteiger partial charge on any atom is -0.352 e. The molecule has 0 bridgehead atoms. The zero-order chi connectivity index (χ0) is 14.7. The SMILES string of the molecule is C[C@H]1CCc2c(C(=O)NCCCn3cccn3)csc2C1. The van der Waals surface area contributed by atoms with E-state index in [0.717, 1.165) is 37.3 Å². The molecule has 4 nitrogen and oxygen atoms in total. The van der Waals surface area contributed by atoms with Crippen LogP contribution in [-0.4, -0.2) is 22.2 Å². The molecule has 0 aromatic carbocycles. The molecule has 0 saturated carbocycles. The Balaban J connectivity index is 1.52. The number of thiophene rings is 1. The van der Waals surface area contributed by atoms with E-state index in [1.54, 1.807) is 17.5 Å². The maximum atomic E-state index is 12.3. The molecule has 2 heterocycles. The molecule has 1 N–H and O–H groups in total. The Labute approximate surface area is 129 Å². The molecule has 5 heteroatoms. The fourth-order valence-electron chi connectivity index (χ4n) is 2.84. The zero-order valence-electron chi connectivity index (χ0n) is 12.3. The number of hydrogen-bond donors (Lipinski definition) is 1. The van der Waals surface area contributed by atoms with Crippen LogP contribution in [0.2, 0.25) is 0 Å². The van der Waals surface area contributed by atoms with E-state index in [0.29, 0.717) is 6.54 Å². The molecule has 21 heavy (non-hydrogen) atoms. The lowest BCUT2D eigenvalue weighted by atomic mass is 9.88. The van der Waals surface area contributed by atoms with Gasteiger partial charge in [-0.25, -0.2) is 0 Å². The third kappa shape index (κ3) is 3.35. The Kier molecular flexibility index (Phi) is 4.39. The summed E-state index contributed by atoms with van der Waals surface area (Å²) >= 11 is 1.75. The predicted molar refractivity (Wildman–Crippen MR) is 84.7 cm³/mol. The average Bonchev–Trinajstić information content (AvgIpc) is 3.12. The van der Waals surface area contributed by atoms with Crippen LogP contribution in [-0.2, 0) is 19.4 Å². The smallest absolute Gasteiger partial charge is 0.252 e. The van der Waals surface area contributed by atoms with Crippen LogP contribution in [0.5, 0.6) is 0 Å². The first-order valence-corrected chi connectivity index (χ1v) is 8.47. The Hall–Kier alpha value is -1.62. The molecule has 1 atom stereocenters. The number of fused-ring (bicyclic) bond motifs is 1. The molecular weight excluding hydrogens is 282 g/mol. The number of carbonyl (C=O) groups is 1. The standard InChI is InChI=1S/C16H21N3OS/c1-12-4-5-13-14(11-21-15(13)10-12)16(20)17-6-2-8-19-9-3-7-18-19/h3,7,9,11-12H,2,4-6,8,10H2,1H3,(H,17,20)/t12-/m0/s1. The molecule has 112 valence electrons. The first kappa shape index (κ1) is 14.3. The van der Waals surface area contributed by atoms with Gasteiger partial charge in [0.05, 0.1) is 5.56 Å². The van der Waals surface area contributed by atoms with Gasteiger partial charge in [0, 0.05) is 35.7 Å². The molecule has 0 radical (unpaired) electrons. The number of rotatable bonds is 5. The lowest BCUT2D eigenvalue weighted by Gasteiger charge is -2.18. The van der Waals surface area contributed by atoms with Crippen LogP contribution < -0.4 is 5.32 Å². The number of aromatic nitrogens is 2. The van der Waals surface area contributed by atoms with Gasteiger partial charge in [-0.05, 0) is 43.2 Å².